The van der Waals surface area contributed by atoms with Gasteiger partial charge >= 0.3 is 6.18 Å². The quantitative estimate of drug-likeness (QED) is 0.190. The standard InChI is InChI=1S/C27H27F5N4O/c1-15-9-17(13-33-26(2,3)4)24(37)22(10-15)35-25-34-21-11-19(28)20(29)12-23(21)36(25)14-16-5-7-18(8-6-16)27(30,31)32/h5-12,33,37H,13-14H2,1-4H3,(H,34,35). The molecular formula is C27H27F5N4O. The van der Waals surface area contributed by atoms with Gasteiger partial charge < -0.3 is 20.3 Å². The number of phenolic OH excluding ortho intramolecular Hbond substituents is 1. The second-order valence-electron chi connectivity index (χ2n) is 10.0. The first-order valence-corrected chi connectivity index (χ1v) is 11.6. The third-order valence-corrected chi connectivity index (χ3v) is 5.80. The maximum atomic E-state index is 14.1. The van der Waals surface area contributed by atoms with Crippen LogP contribution in [0.4, 0.5) is 33.6 Å². The molecular weight excluding hydrogens is 491 g/mol. The number of nitrogens with zero attached hydrogens (tertiary/aromatic N) is 2. The van der Waals surface area contributed by atoms with Gasteiger partial charge in [-0.05, 0) is 57.0 Å². The molecule has 4 rings (SSSR count). The van der Waals surface area contributed by atoms with Crippen molar-refractivity contribution in [3.63, 3.8) is 0 Å². The van der Waals surface area contributed by atoms with Gasteiger partial charge in [-0.2, -0.15) is 13.2 Å². The summed E-state index contributed by atoms with van der Waals surface area (Å²) < 4.78 is 68.6. The fraction of sp³-hybridized carbons (Fsp3) is 0.296. The molecule has 196 valence electrons. The van der Waals surface area contributed by atoms with Crippen molar-refractivity contribution in [2.75, 3.05) is 5.32 Å². The Kier molecular flexibility index (Phi) is 6.89. The SMILES string of the molecule is Cc1cc(CNC(C)(C)C)c(O)c(Nc2nc3cc(F)c(F)cc3n2Cc2ccc(C(F)(F)F)cc2)c1. The summed E-state index contributed by atoms with van der Waals surface area (Å²) in [7, 11) is 0. The lowest BCUT2D eigenvalue weighted by atomic mass is 10.1. The summed E-state index contributed by atoms with van der Waals surface area (Å²) in [5, 5.41) is 17.3. The third kappa shape index (κ3) is 6.02. The van der Waals surface area contributed by atoms with Gasteiger partial charge in [0, 0.05) is 29.8 Å². The first-order chi connectivity index (χ1) is 17.2. The maximum Gasteiger partial charge on any atom is 0.416 e. The maximum absolute atomic E-state index is 14.1. The minimum atomic E-state index is -4.48. The number of halogens is 5. The Balaban J connectivity index is 1.75. The van der Waals surface area contributed by atoms with E-state index in [2.05, 4.69) is 15.6 Å². The number of rotatable bonds is 6. The highest BCUT2D eigenvalue weighted by molar-refractivity contribution is 5.81. The zero-order valence-corrected chi connectivity index (χ0v) is 20.8. The van der Waals surface area contributed by atoms with Crippen molar-refractivity contribution in [3.05, 3.63) is 82.4 Å². The number of nitrogens with one attached hydrogen (secondary N) is 2. The van der Waals surface area contributed by atoms with Crippen LogP contribution in [0.5, 0.6) is 5.75 Å². The molecule has 3 N–H and O–H groups in total. The molecule has 0 saturated carbocycles. The number of fused-ring (bicyclic) bond motifs is 1. The fourth-order valence-electron chi connectivity index (χ4n) is 3.92. The second-order valence-corrected chi connectivity index (χ2v) is 10.0. The topological polar surface area (TPSA) is 62.1 Å². The molecule has 1 aromatic heterocycles. The van der Waals surface area contributed by atoms with Crippen molar-refractivity contribution in [2.24, 2.45) is 0 Å². The Morgan fingerprint density at radius 3 is 2.22 bits per heavy atom. The van der Waals surface area contributed by atoms with Gasteiger partial charge in [0.2, 0.25) is 5.95 Å². The van der Waals surface area contributed by atoms with Crippen LogP contribution in [0.3, 0.4) is 0 Å². The molecule has 0 bridgehead atoms. The molecule has 0 radical (unpaired) electrons. The number of benzene rings is 3. The lowest BCUT2D eigenvalue weighted by molar-refractivity contribution is -0.137. The summed E-state index contributed by atoms with van der Waals surface area (Å²) in [5.74, 6) is -2.02. The van der Waals surface area contributed by atoms with Gasteiger partial charge in [0.05, 0.1) is 28.8 Å². The molecule has 0 saturated heterocycles. The highest BCUT2D eigenvalue weighted by atomic mass is 19.4. The van der Waals surface area contributed by atoms with Crippen molar-refractivity contribution in [1.82, 2.24) is 14.9 Å². The van der Waals surface area contributed by atoms with E-state index in [1.807, 2.05) is 33.8 Å². The molecule has 0 unspecified atom stereocenters. The summed E-state index contributed by atoms with van der Waals surface area (Å²) in [6, 6.07) is 10.0. The van der Waals surface area contributed by atoms with E-state index < -0.39 is 23.4 Å². The predicted octanol–water partition coefficient (Wildman–Crippen LogP) is 7.03. The zero-order chi connectivity index (χ0) is 27.1. The van der Waals surface area contributed by atoms with Crippen molar-refractivity contribution in [1.29, 1.82) is 0 Å². The van der Waals surface area contributed by atoms with Crippen LogP contribution in [0, 0.1) is 18.6 Å². The Morgan fingerprint density at radius 2 is 1.59 bits per heavy atom. The predicted molar refractivity (Wildman–Crippen MR) is 133 cm³/mol. The normalized spacial score (nSPS) is 12.4. The number of anilines is 2. The molecule has 0 aliphatic heterocycles. The molecule has 0 amide bonds. The largest absolute Gasteiger partial charge is 0.505 e. The van der Waals surface area contributed by atoms with Crippen LogP contribution < -0.4 is 10.6 Å². The van der Waals surface area contributed by atoms with Crippen LogP contribution in [0.15, 0.2) is 48.5 Å². The molecule has 1 heterocycles. The van der Waals surface area contributed by atoms with E-state index in [0.29, 0.717) is 23.4 Å². The van der Waals surface area contributed by atoms with E-state index in [-0.39, 0.29) is 34.8 Å². The molecule has 4 aromatic rings. The van der Waals surface area contributed by atoms with Gasteiger partial charge in [-0.15, -0.1) is 0 Å². The molecule has 0 aliphatic rings. The van der Waals surface area contributed by atoms with E-state index >= 15 is 0 Å². The number of hydrogen-bond acceptors (Lipinski definition) is 4. The average Bonchev–Trinajstić information content (AvgIpc) is 3.10. The summed E-state index contributed by atoms with van der Waals surface area (Å²) >= 11 is 0. The average molecular weight is 519 g/mol. The Hall–Kier alpha value is -3.66. The lowest BCUT2D eigenvalue weighted by Crippen LogP contribution is -2.35. The van der Waals surface area contributed by atoms with E-state index in [1.165, 1.54) is 16.7 Å². The molecule has 0 fully saturated rings. The van der Waals surface area contributed by atoms with Crippen LogP contribution in [0.1, 0.15) is 43.0 Å². The van der Waals surface area contributed by atoms with Gasteiger partial charge in [0.15, 0.2) is 11.6 Å². The van der Waals surface area contributed by atoms with E-state index in [4.69, 9.17) is 0 Å². The molecule has 10 heteroatoms. The van der Waals surface area contributed by atoms with Crippen LogP contribution >= 0.6 is 0 Å². The number of aryl methyl sites for hydroxylation is 1. The molecule has 0 aliphatic carbocycles. The number of phenols is 1. The van der Waals surface area contributed by atoms with Crippen LogP contribution in [-0.2, 0) is 19.3 Å². The van der Waals surface area contributed by atoms with E-state index in [0.717, 1.165) is 29.8 Å². The van der Waals surface area contributed by atoms with Gasteiger partial charge in [0.1, 0.15) is 5.75 Å². The minimum absolute atomic E-state index is 0.0205. The Bertz CT molecular complexity index is 1440. The number of aromatic hydroxyl groups is 1. The monoisotopic (exact) mass is 518 g/mol. The summed E-state index contributed by atoms with van der Waals surface area (Å²) in [4.78, 5) is 4.39. The number of imidazole rings is 1. The molecule has 0 spiro atoms. The number of hydrogen-bond donors (Lipinski definition) is 3. The zero-order valence-electron chi connectivity index (χ0n) is 20.8. The Labute approximate surface area is 211 Å². The number of alkyl halides is 3. The smallest absolute Gasteiger partial charge is 0.416 e. The Morgan fingerprint density at radius 1 is 0.946 bits per heavy atom. The van der Waals surface area contributed by atoms with Crippen LogP contribution in [-0.4, -0.2) is 20.2 Å². The third-order valence-electron chi connectivity index (χ3n) is 5.80. The van der Waals surface area contributed by atoms with Gasteiger partial charge in [-0.3, -0.25) is 0 Å². The van der Waals surface area contributed by atoms with E-state index in [1.54, 1.807) is 6.07 Å². The van der Waals surface area contributed by atoms with Crippen molar-refractivity contribution >= 4 is 22.7 Å². The second kappa shape index (κ2) is 9.66. The molecule has 37 heavy (non-hydrogen) atoms. The number of aromatic nitrogens is 2. The summed E-state index contributed by atoms with van der Waals surface area (Å²) in [6.45, 7) is 8.28. The van der Waals surface area contributed by atoms with Crippen molar-refractivity contribution < 1.29 is 27.1 Å². The molecule has 3 aromatic carbocycles. The minimum Gasteiger partial charge on any atom is -0.505 e. The van der Waals surface area contributed by atoms with Crippen LogP contribution in [0.25, 0.3) is 11.0 Å². The van der Waals surface area contributed by atoms with Crippen molar-refractivity contribution in [3.8, 4) is 5.75 Å². The highest BCUT2D eigenvalue weighted by Crippen LogP contribution is 2.34. The summed E-state index contributed by atoms with van der Waals surface area (Å²) in [6.07, 6.45) is -4.48. The van der Waals surface area contributed by atoms with Crippen LogP contribution in [0.2, 0.25) is 0 Å². The summed E-state index contributed by atoms with van der Waals surface area (Å²) in [5.41, 5.74) is 1.72. The van der Waals surface area contributed by atoms with Gasteiger partial charge in [-0.1, -0.05) is 18.2 Å². The van der Waals surface area contributed by atoms with Gasteiger partial charge in [0.25, 0.3) is 0 Å². The molecule has 5 nitrogen and oxygen atoms in total. The first-order valence-electron chi connectivity index (χ1n) is 11.6. The fourth-order valence-corrected chi connectivity index (χ4v) is 3.92. The van der Waals surface area contributed by atoms with Crippen molar-refractivity contribution in [2.45, 2.75) is 52.5 Å². The first kappa shape index (κ1) is 26.4. The van der Waals surface area contributed by atoms with E-state index in [9.17, 15) is 27.1 Å². The molecule has 0 atom stereocenters. The lowest BCUT2D eigenvalue weighted by Gasteiger charge is -2.22. The van der Waals surface area contributed by atoms with Gasteiger partial charge in [-0.25, -0.2) is 13.8 Å². The highest BCUT2D eigenvalue weighted by Gasteiger charge is 2.30.